The highest BCUT2D eigenvalue weighted by Crippen LogP contribution is 2.12. The number of hydrogen-bond donors (Lipinski definition) is 1. The third-order valence-corrected chi connectivity index (χ3v) is 4.11. The second kappa shape index (κ2) is 7.28. The van der Waals surface area contributed by atoms with Gasteiger partial charge in [0.15, 0.2) is 5.96 Å². The van der Waals surface area contributed by atoms with Crippen molar-refractivity contribution in [1.29, 1.82) is 0 Å². The summed E-state index contributed by atoms with van der Waals surface area (Å²) in [5, 5.41) is 0. The molecule has 0 saturated carbocycles. The summed E-state index contributed by atoms with van der Waals surface area (Å²) in [5.41, 5.74) is 7.26. The third-order valence-electron chi connectivity index (χ3n) is 3.17. The lowest BCUT2D eigenvalue weighted by atomic mass is 10.1. The van der Waals surface area contributed by atoms with E-state index in [-0.39, 0.29) is 0 Å². The maximum absolute atomic E-state index is 6.00. The van der Waals surface area contributed by atoms with Crippen molar-refractivity contribution in [3.8, 4) is 5.75 Å². The zero-order valence-corrected chi connectivity index (χ0v) is 12.2. The van der Waals surface area contributed by atoms with Crippen LogP contribution < -0.4 is 10.5 Å². The van der Waals surface area contributed by atoms with Crippen molar-refractivity contribution >= 4 is 17.7 Å². The standard InChI is InChI=1S/C14H21N3OS/c1-18-13-4-2-12(3-5-13)6-7-16-14(15)17-8-10-19-11-9-17/h2-5H,6-11H2,1H3,(H2,15,16). The molecular formula is C14H21N3OS. The Morgan fingerprint density at radius 3 is 2.63 bits per heavy atom. The van der Waals surface area contributed by atoms with E-state index in [2.05, 4.69) is 22.0 Å². The van der Waals surface area contributed by atoms with Crippen LogP contribution in [0.2, 0.25) is 0 Å². The Balaban J connectivity index is 1.80. The van der Waals surface area contributed by atoms with Gasteiger partial charge in [-0.1, -0.05) is 12.1 Å². The van der Waals surface area contributed by atoms with E-state index in [1.165, 1.54) is 5.56 Å². The summed E-state index contributed by atoms with van der Waals surface area (Å²) in [7, 11) is 1.68. The topological polar surface area (TPSA) is 50.9 Å². The minimum atomic E-state index is 0.689. The molecule has 2 N–H and O–H groups in total. The molecule has 0 spiro atoms. The third kappa shape index (κ3) is 4.35. The van der Waals surface area contributed by atoms with Crippen LogP contribution in [-0.2, 0) is 6.42 Å². The van der Waals surface area contributed by atoms with Gasteiger partial charge in [-0.15, -0.1) is 0 Å². The first-order valence-corrected chi connectivity index (χ1v) is 7.70. The molecule has 0 aromatic heterocycles. The number of benzene rings is 1. The van der Waals surface area contributed by atoms with E-state index >= 15 is 0 Å². The Morgan fingerprint density at radius 2 is 2.00 bits per heavy atom. The number of nitrogens with zero attached hydrogens (tertiary/aromatic N) is 2. The average molecular weight is 279 g/mol. The summed E-state index contributed by atoms with van der Waals surface area (Å²) in [6, 6.07) is 8.10. The molecule has 19 heavy (non-hydrogen) atoms. The van der Waals surface area contributed by atoms with Gasteiger partial charge in [0.1, 0.15) is 5.75 Å². The van der Waals surface area contributed by atoms with Gasteiger partial charge in [0.25, 0.3) is 0 Å². The van der Waals surface area contributed by atoms with Crippen molar-refractivity contribution in [2.75, 3.05) is 38.2 Å². The lowest BCUT2D eigenvalue weighted by molar-refractivity contribution is 0.414. The van der Waals surface area contributed by atoms with Crippen molar-refractivity contribution in [2.45, 2.75) is 6.42 Å². The van der Waals surface area contributed by atoms with Crippen molar-refractivity contribution in [1.82, 2.24) is 4.90 Å². The minimum absolute atomic E-state index is 0.689. The van der Waals surface area contributed by atoms with Crippen LogP contribution in [0.1, 0.15) is 5.56 Å². The Bertz CT molecular complexity index is 413. The number of hydrogen-bond acceptors (Lipinski definition) is 3. The number of methoxy groups -OCH3 is 1. The van der Waals surface area contributed by atoms with Crippen LogP contribution >= 0.6 is 11.8 Å². The Hall–Kier alpha value is -1.36. The second-order valence-corrected chi connectivity index (χ2v) is 5.66. The molecule has 0 radical (unpaired) electrons. The van der Waals surface area contributed by atoms with Crippen molar-refractivity contribution in [3.63, 3.8) is 0 Å². The van der Waals surface area contributed by atoms with Crippen LogP contribution in [0.15, 0.2) is 29.3 Å². The molecule has 2 rings (SSSR count). The van der Waals surface area contributed by atoms with Gasteiger partial charge in [-0.3, -0.25) is 4.99 Å². The van der Waals surface area contributed by atoms with E-state index in [4.69, 9.17) is 10.5 Å². The molecule has 0 atom stereocenters. The van der Waals surface area contributed by atoms with Gasteiger partial charge in [0, 0.05) is 31.1 Å². The summed E-state index contributed by atoms with van der Waals surface area (Å²) in [6.45, 7) is 2.77. The summed E-state index contributed by atoms with van der Waals surface area (Å²) >= 11 is 1.98. The highest BCUT2D eigenvalue weighted by molar-refractivity contribution is 7.99. The van der Waals surface area contributed by atoms with Gasteiger partial charge in [0.2, 0.25) is 0 Å². The monoisotopic (exact) mass is 279 g/mol. The van der Waals surface area contributed by atoms with Crippen LogP contribution in [0.4, 0.5) is 0 Å². The van der Waals surface area contributed by atoms with Crippen molar-refractivity contribution < 1.29 is 4.74 Å². The zero-order valence-electron chi connectivity index (χ0n) is 11.3. The number of thioether (sulfide) groups is 1. The Kier molecular flexibility index (Phi) is 5.39. The van der Waals surface area contributed by atoms with Crippen LogP contribution in [-0.4, -0.2) is 49.1 Å². The molecule has 0 unspecified atom stereocenters. The molecule has 1 fully saturated rings. The van der Waals surface area contributed by atoms with Crippen LogP contribution in [0.25, 0.3) is 0 Å². The molecule has 1 aromatic carbocycles. The number of aliphatic imine (C=N–C) groups is 1. The van der Waals surface area contributed by atoms with Crippen LogP contribution in [0.5, 0.6) is 5.75 Å². The molecule has 1 saturated heterocycles. The molecule has 0 amide bonds. The highest BCUT2D eigenvalue weighted by Gasteiger charge is 2.11. The molecule has 1 aliphatic heterocycles. The van der Waals surface area contributed by atoms with Gasteiger partial charge in [0.05, 0.1) is 7.11 Å². The molecule has 1 aliphatic rings. The Labute approximate surface area is 119 Å². The number of nitrogens with two attached hydrogens (primary N) is 1. The van der Waals surface area contributed by atoms with Crippen molar-refractivity contribution in [2.24, 2.45) is 10.7 Å². The van der Waals surface area contributed by atoms with E-state index in [0.717, 1.165) is 43.3 Å². The molecule has 5 heteroatoms. The van der Waals surface area contributed by atoms with E-state index in [9.17, 15) is 0 Å². The van der Waals surface area contributed by atoms with E-state index < -0.39 is 0 Å². The van der Waals surface area contributed by atoms with Crippen LogP contribution in [0.3, 0.4) is 0 Å². The predicted octanol–water partition coefficient (Wildman–Crippen LogP) is 1.60. The fraction of sp³-hybridized carbons (Fsp3) is 0.500. The lowest BCUT2D eigenvalue weighted by Gasteiger charge is -2.27. The largest absolute Gasteiger partial charge is 0.497 e. The fourth-order valence-corrected chi connectivity index (χ4v) is 2.89. The number of guanidine groups is 1. The summed E-state index contributed by atoms with van der Waals surface area (Å²) in [4.78, 5) is 6.64. The van der Waals surface area contributed by atoms with Gasteiger partial charge >= 0.3 is 0 Å². The summed E-state index contributed by atoms with van der Waals surface area (Å²) in [5.74, 6) is 3.87. The fourth-order valence-electron chi connectivity index (χ4n) is 1.98. The van der Waals surface area contributed by atoms with E-state index in [0.29, 0.717) is 5.96 Å². The lowest BCUT2D eigenvalue weighted by Crippen LogP contribution is -2.42. The Morgan fingerprint density at radius 1 is 1.32 bits per heavy atom. The van der Waals surface area contributed by atoms with Crippen molar-refractivity contribution in [3.05, 3.63) is 29.8 Å². The molecule has 0 aliphatic carbocycles. The number of rotatable bonds is 4. The van der Waals surface area contributed by atoms with Gasteiger partial charge in [-0.2, -0.15) is 11.8 Å². The van der Waals surface area contributed by atoms with Gasteiger partial charge < -0.3 is 15.4 Å². The normalized spacial score (nSPS) is 16.5. The molecule has 1 aromatic rings. The maximum atomic E-state index is 6.00. The molecule has 0 bridgehead atoms. The first kappa shape index (κ1) is 14.1. The maximum Gasteiger partial charge on any atom is 0.191 e. The van der Waals surface area contributed by atoms with Gasteiger partial charge in [-0.25, -0.2) is 0 Å². The van der Waals surface area contributed by atoms with Crippen LogP contribution in [0, 0.1) is 0 Å². The molecule has 104 valence electrons. The molecule has 4 nitrogen and oxygen atoms in total. The summed E-state index contributed by atoms with van der Waals surface area (Å²) < 4.78 is 5.14. The number of ether oxygens (including phenoxy) is 1. The van der Waals surface area contributed by atoms with E-state index in [1.807, 2.05) is 23.9 Å². The average Bonchev–Trinajstić information content (AvgIpc) is 2.49. The zero-order chi connectivity index (χ0) is 13.5. The van der Waals surface area contributed by atoms with E-state index in [1.54, 1.807) is 7.11 Å². The highest BCUT2D eigenvalue weighted by atomic mass is 32.2. The smallest absolute Gasteiger partial charge is 0.191 e. The predicted molar refractivity (Wildman–Crippen MR) is 82.1 cm³/mol. The SMILES string of the molecule is COc1ccc(CCN=C(N)N2CCSCC2)cc1. The summed E-state index contributed by atoms with van der Waals surface area (Å²) in [6.07, 6.45) is 0.910. The first-order valence-electron chi connectivity index (χ1n) is 6.55. The second-order valence-electron chi connectivity index (χ2n) is 4.44. The molecule has 1 heterocycles. The minimum Gasteiger partial charge on any atom is -0.497 e. The first-order chi connectivity index (χ1) is 9.29. The van der Waals surface area contributed by atoms with Gasteiger partial charge in [-0.05, 0) is 24.1 Å². The molecular weight excluding hydrogens is 258 g/mol. The quantitative estimate of drug-likeness (QED) is 0.672.